The molecule has 0 bridgehead atoms. The lowest BCUT2D eigenvalue weighted by atomic mass is 10.1. The second-order valence-electron chi connectivity index (χ2n) is 4.88. The van der Waals surface area contributed by atoms with Gasteiger partial charge >= 0.3 is 0 Å². The number of rotatable bonds is 4. The van der Waals surface area contributed by atoms with Crippen LogP contribution in [0.4, 0.5) is 4.39 Å². The van der Waals surface area contributed by atoms with Gasteiger partial charge in [0.1, 0.15) is 17.3 Å². The summed E-state index contributed by atoms with van der Waals surface area (Å²) in [6.07, 6.45) is 1.56. The van der Waals surface area contributed by atoms with Crippen LogP contribution in [0.15, 0.2) is 53.1 Å². The van der Waals surface area contributed by atoms with Crippen molar-refractivity contribution < 1.29 is 13.6 Å². The summed E-state index contributed by atoms with van der Waals surface area (Å²) in [7, 11) is 0. The Morgan fingerprint density at radius 2 is 2.09 bits per heavy atom. The molecular formula is C16H14FN3O2. The van der Waals surface area contributed by atoms with Crippen LogP contribution < -0.4 is 5.32 Å². The number of aromatic amines is 1. The lowest BCUT2D eigenvalue weighted by molar-refractivity contribution is 0.0930. The number of nitrogens with zero attached hydrogens (tertiary/aromatic N) is 1. The van der Waals surface area contributed by atoms with Gasteiger partial charge in [0.25, 0.3) is 5.91 Å². The zero-order valence-corrected chi connectivity index (χ0v) is 11.8. The van der Waals surface area contributed by atoms with Crippen LogP contribution in [0.5, 0.6) is 0 Å². The minimum atomic E-state index is -0.315. The predicted octanol–water partition coefficient (Wildman–Crippen LogP) is 3.30. The van der Waals surface area contributed by atoms with E-state index in [1.54, 1.807) is 36.6 Å². The Morgan fingerprint density at radius 3 is 2.77 bits per heavy atom. The molecule has 1 atom stereocenters. The molecule has 2 N–H and O–H groups in total. The fourth-order valence-corrected chi connectivity index (χ4v) is 2.09. The first-order valence-corrected chi connectivity index (χ1v) is 6.79. The van der Waals surface area contributed by atoms with E-state index in [9.17, 15) is 9.18 Å². The summed E-state index contributed by atoms with van der Waals surface area (Å²) in [6.45, 7) is 1.83. The molecule has 112 valence electrons. The summed E-state index contributed by atoms with van der Waals surface area (Å²) >= 11 is 0. The van der Waals surface area contributed by atoms with E-state index in [0.717, 1.165) is 5.56 Å². The lowest BCUT2D eigenvalue weighted by Gasteiger charge is -2.09. The molecule has 3 rings (SSSR count). The second-order valence-corrected chi connectivity index (χ2v) is 4.88. The highest BCUT2D eigenvalue weighted by atomic mass is 19.1. The molecule has 0 unspecified atom stereocenters. The molecule has 0 radical (unpaired) electrons. The number of furan rings is 1. The van der Waals surface area contributed by atoms with Crippen molar-refractivity contribution in [3.63, 3.8) is 0 Å². The Balaban J connectivity index is 1.73. The van der Waals surface area contributed by atoms with Crippen LogP contribution in [0.1, 0.15) is 29.2 Å². The van der Waals surface area contributed by atoms with Gasteiger partial charge < -0.3 is 9.73 Å². The molecule has 2 heterocycles. The SMILES string of the molecule is C[C@H](NC(=O)c1cc(-c2ccc(F)cc2)n[nH]1)c1ccco1. The third-order valence-electron chi connectivity index (χ3n) is 3.28. The van der Waals surface area contributed by atoms with Gasteiger partial charge in [0.2, 0.25) is 0 Å². The standard InChI is InChI=1S/C16H14FN3O2/c1-10(15-3-2-8-22-15)18-16(21)14-9-13(19-20-14)11-4-6-12(17)7-5-11/h2-10H,1H3,(H,18,21)(H,19,20)/t10-/m0/s1. The van der Waals surface area contributed by atoms with E-state index in [0.29, 0.717) is 17.1 Å². The van der Waals surface area contributed by atoms with Crippen LogP contribution in [-0.4, -0.2) is 16.1 Å². The number of nitrogens with one attached hydrogen (secondary N) is 2. The summed E-state index contributed by atoms with van der Waals surface area (Å²) in [6, 6.07) is 10.9. The number of halogens is 1. The number of benzene rings is 1. The normalized spacial score (nSPS) is 12.1. The van der Waals surface area contributed by atoms with Crippen molar-refractivity contribution in [1.29, 1.82) is 0 Å². The Morgan fingerprint density at radius 1 is 1.32 bits per heavy atom. The first-order chi connectivity index (χ1) is 10.6. The maximum Gasteiger partial charge on any atom is 0.269 e. The van der Waals surface area contributed by atoms with Crippen LogP contribution in [0.2, 0.25) is 0 Å². The van der Waals surface area contributed by atoms with Crippen LogP contribution >= 0.6 is 0 Å². The van der Waals surface area contributed by atoms with Gasteiger partial charge in [-0.05, 0) is 49.4 Å². The Hall–Kier alpha value is -2.89. The van der Waals surface area contributed by atoms with E-state index in [1.807, 2.05) is 6.92 Å². The third kappa shape index (κ3) is 2.90. The largest absolute Gasteiger partial charge is 0.467 e. The van der Waals surface area contributed by atoms with E-state index >= 15 is 0 Å². The van der Waals surface area contributed by atoms with Crippen molar-refractivity contribution in [1.82, 2.24) is 15.5 Å². The second kappa shape index (κ2) is 5.85. The molecule has 0 spiro atoms. The van der Waals surface area contributed by atoms with E-state index in [-0.39, 0.29) is 17.8 Å². The highest BCUT2D eigenvalue weighted by Crippen LogP contribution is 2.19. The summed E-state index contributed by atoms with van der Waals surface area (Å²) < 4.78 is 18.2. The number of aromatic nitrogens is 2. The molecule has 0 aliphatic heterocycles. The number of carbonyl (C=O) groups excluding carboxylic acids is 1. The maximum absolute atomic E-state index is 12.9. The number of carbonyl (C=O) groups is 1. The molecule has 2 aromatic heterocycles. The topological polar surface area (TPSA) is 70.9 Å². The molecule has 0 aliphatic carbocycles. The molecule has 1 amide bonds. The fourth-order valence-electron chi connectivity index (χ4n) is 2.09. The molecule has 5 nitrogen and oxygen atoms in total. The monoisotopic (exact) mass is 299 g/mol. The van der Waals surface area contributed by atoms with Crippen molar-refractivity contribution in [2.45, 2.75) is 13.0 Å². The van der Waals surface area contributed by atoms with Crippen LogP contribution in [0.25, 0.3) is 11.3 Å². The van der Waals surface area contributed by atoms with Gasteiger partial charge in [0, 0.05) is 5.56 Å². The van der Waals surface area contributed by atoms with Crippen molar-refractivity contribution in [2.75, 3.05) is 0 Å². The summed E-state index contributed by atoms with van der Waals surface area (Å²) in [4.78, 5) is 12.2. The zero-order chi connectivity index (χ0) is 15.5. The lowest BCUT2D eigenvalue weighted by Crippen LogP contribution is -2.26. The Labute approximate surface area is 126 Å². The third-order valence-corrected chi connectivity index (χ3v) is 3.28. The number of hydrogen-bond donors (Lipinski definition) is 2. The number of amides is 1. The molecule has 3 aromatic rings. The van der Waals surface area contributed by atoms with Crippen molar-refractivity contribution in [3.05, 3.63) is 66.0 Å². The minimum absolute atomic E-state index is 0.250. The zero-order valence-electron chi connectivity index (χ0n) is 11.8. The smallest absolute Gasteiger partial charge is 0.269 e. The van der Waals surface area contributed by atoms with Crippen LogP contribution in [0.3, 0.4) is 0 Å². The van der Waals surface area contributed by atoms with Gasteiger partial charge in [0.05, 0.1) is 18.0 Å². The minimum Gasteiger partial charge on any atom is -0.467 e. The molecule has 0 fully saturated rings. The maximum atomic E-state index is 12.9. The average Bonchev–Trinajstić information content (AvgIpc) is 3.20. The average molecular weight is 299 g/mol. The van der Waals surface area contributed by atoms with Crippen molar-refractivity contribution >= 4 is 5.91 Å². The van der Waals surface area contributed by atoms with Gasteiger partial charge in [0.15, 0.2) is 0 Å². The Kier molecular flexibility index (Phi) is 3.74. The predicted molar refractivity (Wildman–Crippen MR) is 78.6 cm³/mol. The molecular weight excluding hydrogens is 285 g/mol. The summed E-state index contributed by atoms with van der Waals surface area (Å²) in [5.41, 5.74) is 1.64. The fraction of sp³-hybridized carbons (Fsp3) is 0.125. The summed E-state index contributed by atoms with van der Waals surface area (Å²) in [5, 5.41) is 9.57. The summed E-state index contributed by atoms with van der Waals surface area (Å²) in [5.74, 6) is 0.0703. The highest BCUT2D eigenvalue weighted by Gasteiger charge is 2.16. The quantitative estimate of drug-likeness (QED) is 0.776. The Bertz CT molecular complexity index is 763. The van der Waals surface area contributed by atoms with Crippen LogP contribution in [-0.2, 0) is 0 Å². The molecule has 0 saturated heterocycles. The number of H-pyrrole nitrogens is 1. The van der Waals surface area contributed by atoms with E-state index < -0.39 is 0 Å². The van der Waals surface area contributed by atoms with Gasteiger partial charge in [-0.1, -0.05) is 0 Å². The van der Waals surface area contributed by atoms with Crippen molar-refractivity contribution in [2.24, 2.45) is 0 Å². The molecule has 0 aliphatic rings. The molecule has 0 saturated carbocycles. The van der Waals surface area contributed by atoms with E-state index in [1.165, 1.54) is 12.1 Å². The first kappa shape index (κ1) is 14.1. The molecule has 22 heavy (non-hydrogen) atoms. The van der Waals surface area contributed by atoms with Gasteiger partial charge in [-0.25, -0.2) is 4.39 Å². The van der Waals surface area contributed by atoms with E-state index in [4.69, 9.17) is 4.42 Å². The van der Waals surface area contributed by atoms with E-state index in [2.05, 4.69) is 15.5 Å². The molecule has 6 heteroatoms. The van der Waals surface area contributed by atoms with Gasteiger partial charge in [-0.2, -0.15) is 5.10 Å². The van der Waals surface area contributed by atoms with Crippen LogP contribution in [0, 0.1) is 5.82 Å². The van der Waals surface area contributed by atoms with Gasteiger partial charge in [-0.3, -0.25) is 9.89 Å². The number of hydrogen-bond acceptors (Lipinski definition) is 3. The first-order valence-electron chi connectivity index (χ1n) is 6.79. The molecule has 1 aromatic carbocycles. The van der Waals surface area contributed by atoms with Gasteiger partial charge in [-0.15, -0.1) is 0 Å². The van der Waals surface area contributed by atoms with Crippen molar-refractivity contribution in [3.8, 4) is 11.3 Å². The highest BCUT2D eigenvalue weighted by molar-refractivity contribution is 5.93.